The summed E-state index contributed by atoms with van der Waals surface area (Å²) in [7, 11) is 1.56. The molecule has 1 aromatic heterocycles. The maximum absolute atomic E-state index is 13.3. The molecule has 1 atom stereocenters. The van der Waals surface area contributed by atoms with Gasteiger partial charge in [-0.1, -0.05) is 19.1 Å². The van der Waals surface area contributed by atoms with Crippen LogP contribution in [0.3, 0.4) is 0 Å². The molecule has 0 fully saturated rings. The normalized spacial score (nSPS) is 13.2. The van der Waals surface area contributed by atoms with Crippen molar-refractivity contribution in [2.75, 3.05) is 12.4 Å². The van der Waals surface area contributed by atoms with Gasteiger partial charge in [0.05, 0.1) is 58.0 Å². The van der Waals surface area contributed by atoms with E-state index in [9.17, 15) is 13.2 Å². The largest absolute Gasteiger partial charge is 0.481 e. The summed E-state index contributed by atoms with van der Waals surface area (Å²) >= 11 is 0. The highest BCUT2D eigenvalue weighted by atomic mass is 19.4. The Morgan fingerprint density at radius 1 is 1.03 bits per heavy atom. The highest BCUT2D eigenvalue weighted by Gasteiger charge is 2.30. The van der Waals surface area contributed by atoms with Gasteiger partial charge in [-0.05, 0) is 67.9 Å². The fraction of sp³-hybridized carbons (Fsp3) is 0.207. The highest BCUT2D eigenvalue weighted by molar-refractivity contribution is 5.84. The van der Waals surface area contributed by atoms with Crippen LogP contribution in [0.4, 0.5) is 24.5 Å². The average molecular weight is 518 g/mol. The molecule has 0 amide bonds. The molecule has 194 valence electrons. The van der Waals surface area contributed by atoms with Crippen LogP contribution < -0.4 is 15.4 Å². The summed E-state index contributed by atoms with van der Waals surface area (Å²) in [6.07, 6.45) is -1.90. The zero-order valence-electron chi connectivity index (χ0n) is 21.1. The lowest BCUT2D eigenvalue weighted by Gasteiger charge is -2.21. The number of alkyl halides is 3. The van der Waals surface area contributed by atoms with Crippen LogP contribution in [0, 0.1) is 0 Å². The molecule has 0 saturated heterocycles. The molecule has 6 nitrogen and oxygen atoms in total. The number of nitrogens with zero attached hydrogens (tertiary/aromatic N) is 4. The number of hydrogen-bond donors (Lipinski definition) is 1. The first-order valence-electron chi connectivity index (χ1n) is 12.2. The van der Waals surface area contributed by atoms with Crippen LogP contribution in [0.2, 0.25) is 0 Å². The van der Waals surface area contributed by atoms with Crippen LogP contribution in [0.15, 0.2) is 84.0 Å². The van der Waals surface area contributed by atoms with Crippen LogP contribution in [0.1, 0.15) is 25.8 Å². The van der Waals surface area contributed by atoms with Gasteiger partial charge in [0.1, 0.15) is 0 Å². The number of benzene rings is 3. The van der Waals surface area contributed by atoms with E-state index in [1.165, 1.54) is 12.1 Å². The smallest absolute Gasteiger partial charge is 0.416 e. The molecule has 2 heterocycles. The van der Waals surface area contributed by atoms with E-state index in [0.717, 1.165) is 41.1 Å². The Balaban J connectivity index is 1.75. The van der Waals surface area contributed by atoms with Crippen LogP contribution in [0.25, 0.3) is 28.1 Å². The van der Waals surface area contributed by atoms with E-state index in [1.54, 1.807) is 19.4 Å². The standard InChI is InChI=1S/C29H26F3N5O/c1-4-18(2)34-24-16-27-25(15-23(24)35-20-11-14-28(38-3)33-17-20)36-22-7-5-6-8-26(22)37(27)21-12-9-19(10-13-21)29(30,31)32/h5-18,35H,4H2,1-3H3. The second-order valence-electron chi connectivity index (χ2n) is 8.94. The number of methoxy groups -OCH3 is 1. The van der Waals surface area contributed by atoms with Gasteiger partial charge in [0, 0.05) is 17.8 Å². The summed E-state index contributed by atoms with van der Waals surface area (Å²) in [5.41, 5.74) is 4.26. The number of hydrogen-bond acceptors (Lipinski definition) is 5. The Bertz CT molecular complexity index is 1610. The number of rotatable bonds is 6. The molecule has 0 saturated carbocycles. The topological polar surface area (TPSA) is 64.3 Å². The number of aromatic nitrogens is 3. The first-order valence-corrected chi connectivity index (χ1v) is 12.2. The lowest BCUT2D eigenvalue weighted by atomic mass is 10.1. The predicted octanol–water partition coefficient (Wildman–Crippen LogP) is 7.00. The summed E-state index contributed by atoms with van der Waals surface area (Å²) in [6, 6.07) is 20.2. The fourth-order valence-corrected chi connectivity index (χ4v) is 4.19. The summed E-state index contributed by atoms with van der Waals surface area (Å²) in [4.78, 5) is 14.1. The molecule has 1 aliphatic heterocycles. The Morgan fingerprint density at radius 2 is 1.79 bits per heavy atom. The van der Waals surface area contributed by atoms with Crippen LogP contribution in [0.5, 0.6) is 5.88 Å². The van der Waals surface area contributed by atoms with Gasteiger partial charge >= 0.3 is 6.18 Å². The van der Waals surface area contributed by atoms with Gasteiger partial charge in [-0.2, -0.15) is 13.2 Å². The maximum atomic E-state index is 13.3. The molecule has 1 unspecified atom stereocenters. The predicted molar refractivity (Wildman–Crippen MR) is 142 cm³/mol. The van der Waals surface area contributed by atoms with Gasteiger partial charge in [-0.15, -0.1) is 0 Å². The Labute approximate surface area is 217 Å². The van der Waals surface area contributed by atoms with E-state index in [1.807, 2.05) is 54.0 Å². The van der Waals surface area contributed by atoms with Crippen LogP contribution >= 0.6 is 0 Å². The molecule has 1 aliphatic carbocycles. The average Bonchev–Trinajstić information content (AvgIpc) is 2.92. The van der Waals surface area contributed by atoms with Crippen LogP contribution in [-0.4, -0.2) is 27.7 Å². The molecule has 38 heavy (non-hydrogen) atoms. The number of pyridine rings is 1. The molecule has 1 N–H and O–H groups in total. The van der Waals surface area contributed by atoms with Crippen molar-refractivity contribution < 1.29 is 17.9 Å². The number of fused-ring (bicyclic) bond motifs is 2. The quantitative estimate of drug-likeness (QED) is 0.247. The van der Waals surface area contributed by atoms with Crippen molar-refractivity contribution in [2.24, 2.45) is 4.99 Å². The van der Waals surface area contributed by atoms with E-state index in [4.69, 9.17) is 14.7 Å². The summed E-state index contributed by atoms with van der Waals surface area (Å²) < 4.78 is 46.8. The van der Waals surface area contributed by atoms with Crippen molar-refractivity contribution in [2.45, 2.75) is 32.5 Å². The van der Waals surface area contributed by atoms with Gasteiger partial charge in [-0.25, -0.2) is 9.97 Å². The van der Waals surface area contributed by atoms with E-state index in [0.29, 0.717) is 28.1 Å². The van der Waals surface area contributed by atoms with E-state index in [-0.39, 0.29) is 6.04 Å². The summed E-state index contributed by atoms with van der Waals surface area (Å²) in [5, 5.41) is 4.10. The monoisotopic (exact) mass is 517 g/mol. The lowest BCUT2D eigenvalue weighted by molar-refractivity contribution is -0.137. The summed E-state index contributed by atoms with van der Waals surface area (Å²) in [5.74, 6) is 0.504. The van der Waals surface area contributed by atoms with E-state index < -0.39 is 11.7 Å². The minimum atomic E-state index is -4.41. The van der Waals surface area contributed by atoms with Crippen molar-refractivity contribution in [1.82, 2.24) is 14.5 Å². The number of para-hydroxylation sites is 2. The third kappa shape index (κ3) is 5.04. The third-order valence-electron chi connectivity index (χ3n) is 6.32. The molecule has 2 aliphatic rings. The number of nitrogens with one attached hydrogen (secondary N) is 1. The number of ether oxygens (including phenoxy) is 1. The van der Waals surface area contributed by atoms with Crippen molar-refractivity contribution in [3.05, 3.63) is 89.9 Å². The molecule has 9 heteroatoms. The van der Waals surface area contributed by atoms with Crippen molar-refractivity contribution in [3.63, 3.8) is 0 Å². The van der Waals surface area contributed by atoms with Gasteiger partial charge in [-0.3, -0.25) is 4.99 Å². The molecule has 3 aromatic rings. The first kappa shape index (κ1) is 25.3. The minimum absolute atomic E-state index is 0.0509. The molecule has 5 rings (SSSR count). The third-order valence-corrected chi connectivity index (χ3v) is 6.32. The molecular formula is C29H26F3N5O. The van der Waals surface area contributed by atoms with Crippen molar-refractivity contribution in [3.8, 4) is 23.0 Å². The van der Waals surface area contributed by atoms with Gasteiger partial charge in [0.15, 0.2) is 0 Å². The molecule has 0 bridgehead atoms. The second-order valence-corrected chi connectivity index (χ2v) is 8.94. The zero-order chi connectivity index (χ0) is 26.9. The summed E-state index contributed by atoms with van der Waals surface area (Å²) in [6.45, 7) is 4.10. The van der Waals surface area contributed by atoms with Gasteiger partial charge < -0.3 is 14.6 Å². The molecule has 0 radical (unpaired) electrons. The molecular weight excluding hydrogens is 491 g/mol. The maximum Gasteiger partial charge on any atom is 0.416 e. The number of halogens is 3. The van der Waals surface area contributed by atoms with Crippen molar-refractivity contribution >= 4 is 22.4 Å². The Morgan fingerprint density at radius 3 is 2.45 bits per heavy atom. The van der Waals surface area contributed by atoms with E-state index in [2.05, 4.69) is 17.2 Å². The van der Waals surface area contributed by atoms with Gasteiger partial charge in [0.2, 0.25) is 5.88 Å². The Kier molecular flexibility index (Phi) is 6.75. The zero-order valence-corrected chi connectivity index (χ0v) is 21.1. The SMILES string of the molecule is CCC(C)N=c1cc2n(-c3ccc(C(F)(F)F)cc3)c3ccccc3nc-2cc1Nc1ccc(OC)nc1. The molecule has 2 aromatic carbocycles. The fourth-order valence-electron chi connectivity index (χ4n) is 4.19. The highest BCUT2D eigenvalue weighted by Crippen LogP contribution is 2.33. The Hall–Kier alpha value is -4.40. The number of anilines is 2. The lowest BCUT2D eigenvalue weighted by Crippen LogP contribution is -2.17. The van der Waals surface area contributed by atoms with Crippen LogP contribution in [-0.2, 0) is 6.18 Å². The van der Waals surface area contributed by atoms with Crippen molar-refractivity contribution in [1.29, 1.82) is 0 Å². The molecule has 0 spiro atoms. The second kappa shape index (κ2) is 10.2. The van der Waals surface area contributed by atoms with Gasteiger partial charge in [0.25, 0.3) is 0 Å². The first-order chi connectivity index (χ1) is 18.3. The minimum Gasteiger partial charge on any atom is -0.481 e. The van der Waals surface area contributed by atoms with E-state index >= 15 is 0 Å².